The molecule has 1 aromatic heterocycles. The fourth-order valence-corrected chi connectivity index (χ4v) is 9.05. The SMILES string of the molecule is C/C=C\C=C1/c2b/c(=C(/C(C)=C(\C)C=C(C)C)c3cc(N(C4=CCC=C4)c4ccc(C)cc4)ccc3/C=C\C(=C/C)c3ccccc3)c(=C(C)C)n2-c2ccccc2C1(C)C. The van der Waals surface area contributed by atoms with Gasteiger partial charge in [-0.05, 0) is 0 Å². The molecule has 4 aromatic carbocycles. The molecule has 0 bridgehead atoms. The molecule has 61 heavy (non-hydrogen) atoms. The molecule has 0 unspecified atom stereocenters. The Labute approximate surface area is 366 Å². The molecule has 1 aliphatic carbocycles. The van der Waals surface area contributed by atoms with Gasteiger partial charge < -0.3 is 0 Å². The zero-order valence-electron chi connectivity index (χ0n) is 38.2. The molecule has 0 atom stereocenters. The summed E-state index contributed by atoms with van der Waals surface area (Å²) in [6.07, 6.45) is 23.6. The summed E-state index contributed by atoms with van der Waals surface area (Å²) in [6.45, 7) is 27.2. The Morgan fingerprint density at radius 2 is 1.52 bits per heavy atom. The van der Waals surface area contributed by atoms with E-state index < -0.39 is 0 Å². The summed E-state index contributed by atoms with van der Waals surface area (Å²) in [7, 11) is 0. The minimum absolute atomic E-state index is 0.213. The third-order valence-electron chi connectivity index (χ3n) is 12.2. The van der Waals surface area contributed by atoms with Gasteiger partial charge >= 0.3 is 368 Å². The molecule has 2 nitrogen and oxygen atoms in total. The first-order valence-electron chi connectivity index (χ1n) is 21.8. The molecule has 2 aliphatic rings. The van der Waals surface area contributed by atoms with Crippen LogP contribution in [-0.4, -0.2) is 11.5 Å². The first-order valence-corrected chi connectivity index (χ1v) is 21.8. The predicted molar refractivity (Wildman–Crippen MR) is 268 cm³/mol. The molecule has 3 heteroatoms. The van der Waals surface area contributed by atoms with E-state index >= 15 is 0 Å². The minimum atomic E-state index is -0.213. The van der Waals surface area contributed by atoms with Crippen LogP contribution in [-0.2, 0) is 5.41 Å². The Morgan fingerprint density at radius 1 is 0.820 bits per heavy atom. The van der Waals surface area contributed by atoms with Crippen LogP contribution in [0, 0.1) is 6.92 Å². The van der Waals surface area contributed by atoms with Crippen LogP contribution in [0.4, 0.5) is 11.4 Å². The molecule has 7 rings (SSSR count). The Bertz CT molecular complexity index is 2850. The molecule has 5 aromatic rings. The second-order valence-electron chi connectivity index (χ2n) is 17.4. The first kappa shape index (κ1) is 42.9. The van der Waals surface area contributed by atoms with Crippen molar-refractivity contribution in [2.75, 3.05) is 4.90 Å². The summed E-state index contributed by atoms with van der Waals surface area (Å²) in [4.78, 5) is 2.42. The van der Waals surface area contributed by atoms with Crippen LogP contribution in [0.3, 0.4) is 0 Å². The van der Waals surface area contributed by atoms with Gasteiger partial charge in [-0.2, -0.15) is 0 Å². The fraction of sp³-hybridized carbons (Fsp3) is 0.224. The average Bonchev–Trinajstić information content (AvgIpc) is 3.92. The summed E-state index contributed by atoms with van der Waals surface area (Å²) in [5.74, 6) is 0. The van der Waals surface area contributed by atoms with Gasteiger partial charge in [-0.3, -0.25) is 0 Å². The van der Waals surface area contributed by atoms with Crippen LogP contribution >= 0.6 is 0 Å². The Kier molecular flexibility index (Phi) is 12.8. The normalized spacial score (nSPS) is 16.0. The molecule has 0 radical (unpaired) electrons. The molecular weight excluding hydrogens is 735 g/mol. The molecular formula is C58H61BN2. The van der Waals surface area contributed by atoms with E-state index in [2.05, 4.69) is 250 Å². The second kappa shape index (κ2) is 18.2. The third kappa shape index (κ3) is 8.57. The van der Waals surface area contributed by atoms with Gasteiger partial charge in [0.25, 0.3) is 0 Å². The zero-order chi connectivity index (χ0) is 43.4. The van der Waals surface area contributed by atoms with Gasteiger partial charge in [0.1, 0.15) is 0 Å². The number of rotatable bonds is 10. The van der Waals surface area contributed by atoms with Crippen LogP contribution in [0.25, 0.3) is 34.1 Å². The van der Waals surface area contributed by atoms with E-state index in [4.69, 9.17) is 0 Å². The van der Waals surface area contributed by atoms with E-state index in [1.165, 1.54) is 88.7 Å². The van der Waals surface area contributed by atoms with Gasteiger partial charge in [-0.15, -0.1) is 0 Å². The van der Waals surface area contributed by atoms with Crippen LogP contribution in [0.5, 0.6) is 0 Å². The molecule has 2 heterocycles. The Balaban J connectivity index is 1.67. The van der Waals surface area contributed by atoms with E-state index in [0.717, 1.165) is 23.4 Å². The molecule has 0 fully saturated rings. The van der Waals surface area contributed by atoms with Crippen molar-refractivity contribution in [2.45, 2.75) is 88.0 Å². The zero-order valence-corrected chi connectivity index (χ0v) is 38.2. The van der Waals surface area contributed by atoms with E-state index in [-0.39, 0.29) is 5.41 Å². The number of hydrogen-bond acceptors (Lipinski definition) is 1. The summed E-state index contributed by atoms with van der Waals surface area (Å²) >= 11 is 0. The molecule has 306 valence electrons. The number of para-hydroxylation sites is 1. The Morgan fingerprint density at radius 3 is 2.18 bits per heavy atom. The number of allylic oxidation sites excluding steroid dienone is 14. The predicted octanol–water partition coefficient (Wildman–Crippen LogP) is 14.2. The number of nitrogens with zero attached hydrogens (tertiary/aromatic N) is 2. The number of anilines is 2. The van der Waals surface area contributed by atoms with Crippen molar-refractivity contribution >= 4 is 46.7 Å². The average molecular weight is 797 g/mol. The van der Waals surface area contributed by atoms with Crippen LogP contribution in [0.2, 0.25) is 0 Å². The van der Waals surface area contributed by atoms with Crippen molar-refractivity contribution in [2.24, 2.45) is 0 Å². The first-order chi connectivity index (χ1) is 29.3. The summed E-state index contributed by atoms with van der Waals surface area (Å²) in [6, 6.07) is 35.7. The monoisotopic (exact) mass is 796 g/mol. The molecule has 1 aliphatic heterocycles. The summed E-state index contributed by atoms with van der Waals surface area (Å²) < 4.78 is 2.55. The molecule has 0 saturated heterocycles. The van der Waals surface area contributed by atoms with Crippen molar-refractivity contribution < 1.29 is 0 Å². The van der Waals surface area contributed by atoms with E-state index in [1.54, 1.807) is 0 Å². The van der Waals surface area contributed by atoms with Crippen LogP contribution in [0.1, 0.15) is 109 Å². The summed E-state index contributed by atoms with van der Waals surface area (Å²) in [5.41, 5.74) is 20.6. The van der Waals surface area contributed by atoms with Gasteiger partial charge in [-0.25, -0.2) is 0 Å². The molecule has 0 spiro atoms. The number of benzene rings is 4. The standard InChI is InChI=1S/C58H61BN2/c1-12-14-26-52-57-59-55(56(40(5)6)61(57)53-28-21-20-27-51(53)58(52,10)11)54(43(9)42(8)37-39(3)4)50-38-49(60(47-24-18-19-25-47)48-34-29-41(7)30-35-48)36-33-46(50)32-31-44(13-2)45-22-16-15-17-23-45/h12-18,20-38H,19H2,1-11H3/b14-12-,32-31-,43-42+,44-13+,52-26+,55-54-. The quantitative estimate of drug-likeness (QED) is 0.128. The third-order valence-corrected chi connectivity index (χ3v) is 12.2. The number of fused-ring (bicyclic) bond motifs is 3. The topological polar surface area (TPSA) is 8.17 Å². The van der Waals surface area contributed by atoms with E-state index in [0.29, 0.717) is 0 Å². The molecule has 0 amide bonds. The fourth-order valence-electron chi connectivity index (χ4n) is 9.05. The van der Waals surface area contributed by atoms with Gasteiger partial charge in [0.2, 0.25) is 0 Å². The summed E-state index contributed by atoms with van der Waals surface area (Å²) in [5, 5.41) is 2.47. The van der Waals surface area contributed by atoms with Crippen molar-refractivity contribution in [3.05, 3.63) is 218 Å². The van der Waals surface area contributed by atoms with Gasteiger partial charge in [-0.1, -0.05) is 0 Å². The second-order valence-corrected chi connectivity index (χ2v) is 17.4. The Hall–Kier alpha value is -6.19. The number of aromatic nitrogens is 1. The van der Waals surface area contributed by atoms with Crippen LogP contribution < -0.4 is 15.4 Å². The number of hydrogen-bond donors (Lipinski definition) is 0. The van der Waals surface area contributed by atoms with E-state index in [1.807, 2.05) is 0 Å². The maximum absolute atomic E-state index is 2.55. The maximum atomic E-state index is 2.55. The van der Waals surface area contributed by atoms with E-state index in [9.17, 15) is 0 Å². The van der Waals surface area contributed by atoms with Crippen LogP contribution in [0.15, 0.2) is 174 Å². The van der Waals surface area contributed by atoms with Crippen molar-refractivity contribution in [3.63, 3.8) is 0 Å². The van der Waals surface area contributed by atoms with Crippen molar-refractivity contribution in [1.29, 1.82) is 0 Å². The van der Waals surface area contributed by atoms with Crippen molar-refractivity contribution in [3.8, 4) is 5.69 Å². The van der Waals surface area contributed by atoms with Gasteiger partial charge in [0.05, 0.1) is 0 Å². The molecule has 0 N–H and O–H groups in total. The van der Waals surface area contributed by atoms with Crippen molar-refractivity contribution in [1.82, 2.24) is 4.57 Å². The number of aryl methyl sites for hydroxylation is 1. The van der Waals surface area contributed by atoms with Gasteiger partial charge in [0.15, 0.2) is 0 Å². The van der Waals surface area contributed by atoms with Gasteiger partial charge in [0, 0.05) is 0 Å². The molecule has 0 saturated carbocycles.